The summed E-state index contributed by atoms with van der Waals surface area (Å²) in [5.41, 5.74) is 3.05. The van der Waals surface area contributed by atoms with Gasteiger partial charge in [0.15, 0.2) is 0 Å². The summed E-state index contributed by atoms with van der Waals surface area (Å²) in [5, 5.41) is 11.9. The van der Waals surface area contributed by atoms with Crippen molar-refractivity contribution in [2.24, 2.45) is 0 Å². The van der Waals surface area contributed by atoms with Crippen LogP contribution in [0.4, 0.5) is 4.79 Å². The summed E-state index contributed by atoms with van der Waals surface area (Å²) in [6, 6.07) is 16.6. The van der Waals surface area contributed by atoms with E-state index in [1.807, 2.05) is 42.5 Å². The van der Waals surface area contributed by atoms with Crippen LogP contribution in [0.25, 0.3) is 5.57 Å². The number of aliphatic hydroxyl groups is 1. The summed E-state index contributed by atoms with van der Waals surface area (Å²) < 4.78 is 22.3. The lowest BCUT2D eigenvalue weighted by atomic mass is 9.84. The highest BCUT2D eigenvalue weighted by Gasteiger charge is 2.34. The van der Waals surface area contributed by atoms with E-state index in [1.165, 1.54) is 0 Å². The molecule has 1 aromatic heterocycles. The molecular formula is C37H41ClN2O7. The van der Waals surface area contributed by atoms with Crippen molar-refractivity contribution >= 4 is 29.3 Å². The van der Waals surface area contributed by atoms with Gasteiger partial charge in [-0.2, -0.15) is 0 Å². The topological polar surface area (TPSA) is 107 Å². The molecule has 0 unspecified atom stereocenters. The minimum absolute atomic E-state index is 0.0864. The molecule has 0 bridgehead atoms. The first-order valence-electron chi connectivity index (χ1n) is 16.5. The van der Waals surface area contributed by atoms with Gasteiger partial charge in [-0.1, -0.05) is 42.3 Å². The second-order valence-corrected chi connectivity index (χ2v) is 12.9. The predicted octanol–water partition coefficient (Wildman–Crippen LogP) is 7.48. The van der Waals surface area contributed by atoms with Crippen molar-refractivity contribution in [3.8, 4) is 11.6 Å². The average Bonchev–Trinajstić information content (AvgIpc) is 3.25. The van der Waals surface area contributed by atoms with E-state index in [9.17, 15) is 14.7 Å². The Bertz CT molecular complexity index is 1580. The standard InChI is InChI=1S/C37H41ClN2O7/c38-28-15-13-27(14-16-28)37(43)17-21-40(22-18-37)20-6-7-26-25-32-31(10-4-12-33(32)47-34-30(26)11-5-19-39-34)35(41)44-23-24-45-36(42)46-29-8-2-1-3-9-29/h4-5,7,10-16,19,29,43H,1-3,6,8-9,17-18,20-25H2. The number of esters is 1. The third kappa shape index (κ3) is 8.33. The van der Waals surface area contributed by atoms with Gasteiger partial charge in [0.05, 0.1) is 11.2 Å². The van der Waals surface area contributed by atoms with Crippen LogP contribution in [0, 0.1) is 0 Å². The fourth-order valence-electron chi connectivity index (χ4n) is 6.63. The predicted molar refractivity (Wildman–Crippen MR) is 178 cm³/mol. The zero-order chi connectivity index (χ0) is 32.6. The maximum absolute atomic E-state index is 13.2. The van der Waals surface area contributed by atoms with Crippen LogP contribution < -0.4 is 4.74 Å². The SMILES string of the molecule is O=C(OCCOC(=O)c1cccc2c1CC(=CCCN1CCC(O)(c3ccc(Cl)cc3)CC1)c1cccnc1O2)OC1CCCCC1. The van der Waals surface area contributed by atoms with E-state index in [1.54, 1.807) is 18.3 Å². The summed E-state index contributed by atoms with van der Waals surface area (Å²) in [6.07, 6.45) is 10.6. The Morgan fingerprint density at radius 1 is 1.00 bits per heavy atom. The number of hydrogen-bond donors (Lipinski definition) is 1. The molecule has 47 heavy (non-hydrogen) atoms. The third-order valence-electron chi connectivity index (χ3n) is 9.30. The molecule has 3 heterocycles. The highest BCUT2D eigenvalue weighted by molar-refractivity contribution is 6.30. The summed E-state index contributed by atoms with van der Waals surface area (Å²) in [6.45, 7) is 2.22. The number of likely N-dealkylation sites (tertiary alicyclic amines) is 1. The number of aromatic nitrogens is 1. The average molecular weight is 661 g/mol. The van der Waals surface area contributed by atoms with E-state index in [4.69, 9.17) is 30.5 Å². The first-order chi connectivity index (χ1) is 22.9. The number of ether oxygens (including phenoxy) is 4. The molecule has 2 aliphatic heterocycles. The molecular weight excluding hydrogens is 620 g/mol. The molecule has 2 fully saturated rings. The maximum Gasteiger partial charge on any atom is 0.508 e. The molecule has 1 saturated carbocycles. The number of benzene rings is 2. The Labute approximate surface area is 280 Å². The quantitative estimate of drug-likeness (QED) is 0.185. The van der Waals surface area contributed by atoms with Crippen molar-refractivity contribution in [3.05, 3.63) is 94.1 Å². The number of fused-ring (bicyclic) bond motifs is 2. The Hall–Kier alpha value is -3.92. The van der Waals surface area contributed by atoms with Crippen LogP contribution >= 0.6 is 11.6 Å². The lowest BCUT2D eigenvalue weighted by Crippen LogP contribution is -2.42. The molecule has 10 heteroatoms. The lowest BCUT2D eigenvalue weighted by molar-refractivity contribution is -0.0254. The number of halogens is 1. The number of pyridine rings is 1. The van der Waals surface area contributed by atoms with Gasteiger partial charge in [-0.25, -0.2) is 14.6 Å². The molecule has 0 spiro atoms. The molecule has 0 atom stereocenters. The van der Waals surface area contributed by atoms with Crippen LogP contribution in [0.3, 0.4) is 0 Å². The highest BCUT2D eigenvalue weighted by Crippen LogP contribution is 2.40. The first kappa shape index (κ1) is 33.0. The molecule has 9 nitrogen and oxygen atoms in total. The fourth-order valence-corrected chi connectivity index (χ4v) is 6.76. The van der Waals surface area contributed by atoms with E-state index < -0.39 is 17.7 Å². The van der Waals surface area contributed by atoms with Crippen molar-refractivity contribution in [2.75, 3.05) is 32.8 Å². The van der Waals surface area contributed by atoms with Crippen LogP contribution in [-0.2, 0) is 26.2 Å². The smallest absolute Gasteiger partial charge is 0.458 e. The Kier molecular flexibility index (Phi) is 10.8. The summed E-state index contributed by atoms with van der Waals surface area (Å²) in [5.74, 6) is 0.515. The zero-order valence-electron chi connectivity index (χ0n) is 26.5. The second-order valence-electron chi connectivity index (χ2n) is 12.4. The van der Waals surface area contributed by atoms with Gasteiger partial charge in [-0.15, -0.1) is 0 Å². The minimum Gasteiger partial charge on any atom is -0.458 e. The Morgan fingerprint density at radius 2 is 1.77 bits per heavy atom. The molecule has 0 radical (unpaired) electrons. The van der Waals surface area contributed by atoms with Crippen LogP contribution in [0.2, 0.25) is 5.02 Å². The number of carbonyl (C=O) groups excluding carboxylic acids is 2. The number of hydrogen-bond acceptors (Lipinski definition) is 9. The molecule has 3 aliphatic rings. The molecule has 1 saturated heterocycles. The number of rotatable bonds is 9. The molecule has 3 aromatic rings. The third-order valence-corrected chi connectivity index (χ3v) is 9.55. The summed E-state index contributed by atoms with van der Waals surface area (Å²) in [4.78, 5) is 32.1. The molecule has 248 valence electrons. The van der Waals surface area contributed by atoms with Crippen LogP contribution in [0.5, 0.6) is 11.6 Å². The van der Waals surface area contributed by atoms with Gasteiger partial charge in [0.2, 0.25) is 5.88 Å². The van der Waals surface area contributed by atoms with Gasteiger partial charge >= 0.3 is 12.1 Å². The van der Waals surface area contributed by atoms with Crippen molar-refractivity contribution in [1.29, 1.82) is 0 Å². The number of allylic oxidation sites excluding steroid dienone is 1. The van der Waals surface area contributed by atoms with Gasteiger partial charge in [-0.05, 0) is 92.5 Å². The van der Waals surface area contributed by atoms with Gasteiger partial charge in [0.1, 0.15) is 25.1 Å². The largest absolute Gasteiger partial charge is 0.508 e. The zero-order valence-corrected chi connectivity index (χ0v) is 27.3. The monoisotopic (exact) mass is 660 g/mol. The van der Waals surface area contributed by atoms with Gasteiger partial charge < -0.3 is 29.0 Å². The maximum atomic E-state index is 13.2. The lowest BCUT2D eigenvalue weighted by Gasteiger charge is -2.38. The Morgan fingerprint density at radius 3 is 2.55 bits per heavy atom. The van der Waals surface area contributed by atoms with Gasteiger partial charge in [0.25, 0.3) is 0 Å². The van der Waals surface area contributed by atoms with E-state index >= 15 is 0 Å². The highest BCUT2D eigenvalue weighted by atomic mass is 35.5. The van der Waals surface area contributed by atoms with Crippen molar-refractivity contribution in [3.63, 3.8) is 0 Å². The minimum atomic E-state index is -0.845. The van der Waals surface area contributed by atoms with Crippen molar-refractivity contribution in [2.45, 2.75) is 69.5 Å². The number of carbonyl (C=O) groups is 2. The number of nitrogens with zero attached hydrogens (tertiary/aromatic N) is 2. The van der Waals surface area contributed by atoms with Crippen LogP contribution in [0.15, 0.2) is 66.9 Å². The Balaban J connectivity index is 1.07. The molecule has 0 amide bonds. The van der Waals surface area contributed by atoms with E-state index in [0.29, 0.717) is 47.0 Å². The van der Waals surface area contributed by atoms with E-state index in [-0.39, 0.29) is 19.3 Å². The second kappa shape index (κ2) is 15.3. The fraction of sp³-hybridized carbons (Fsp3) is 0.432. The van der Waals surface area contributed by atoms with Crippen LogP contribution in [-0.4, -0.2) is 66.1 Å². The van der Waals surface area contributed by atoms with Gasteiger partial charge in [-0.3, -0.25) is 0 Å². The molecule has 1 N–H and O–H groups in total. The number of piperidine rings is 1. The van der Waals surface area contributed by atoms with E-state index in [0.717, 1.165) is 74.9 Å². The summed E-state index contributed by atoms with van der Waals surface area (Å²) in [7, 11) is 0. The normalized spacial score (nSPS) is 18.7. The van der Waals surface area contributed by atoms with Crippen molar-refractivity contribution in [1.82, 2.24) is 9.88 Å². The first-order valence-corrected chi connectivity index (χ1v) is 16.9. The van der Waals surface area contributed by atoms with E-state index in [2.05, 4.69) is 16.0 Å². The summed E-state index contributed by atoms with van der Waals surface area (Å²) >= 11 is 6.05. The molecule has 6 rings (SSSR count). The van der Waals surface area contributed by atoms with Crippen molar-refractivity contribution < 1.29 is 33.6 Å². The van der Waals surface area contributed by atoms with Gasteiger partial charge in [0, 0.05) is 48.4 Å². The molecule has 2 aromatic carbocycles. The molecule has 1 aliphatic carbocycles. The van der Waals surface area contributed by atoms with Crippen LogP contribution in [0.1, 0.15) is 78.4 Å².